The zero-order chi connectivity index (χ0) is 15.8. The van der Waals surface area contributed by atoms with Crippen LogP contribution in [-0.2, 0) is 0 Å². The molecule has 0 aromatic heterocycles. The summed E-state index contributed by atoms with van der Waals surface area (Å²) in [5, 5.41) is 2.59. The van der Waals surface area contributed by atoms with Gasteiger partial charge in [-0.3, -0.25) is 4.79 Å². The molecule has 0 aliphatic carbocycles. The van der Waals surface area contributed by atoms with Gasteiger partial charge in [0, 0.05) is 0 Å². The summed E-state index contributed by atoms with van der Waals surface area (Å²) in [6.45, 7) is -2.46. The highest BCUT2D eigenvalue weighted by Gasteiger charge is 2.14. The van der Waals surface area contributed by atoms with Gasteiger partial charge in [-0.25, -0.2) is 0 Å². The lowest BCUT2D eigenvalue weighted by molar-refractivity contribution is -0.0501. The van der Waals surface area contributed by atoms with Gasteiger partial charge in [0.25, 0.3) is 5.91 Å². The Morgan fingerprint density at radius 1 is 1.05 bits per heavy atom. The Kier molecular flexibility index (Phi) is 5.71. The van der Waals surface area contributed by atoms with E-state index in [9.17, 15) is 13.6 Å². The van der Waals surface area contributed by atoms with Gasteiger partial charge in [-0.15, -0.1) is 0 Å². The van der Waals surface area contributed by atoms with Crippen molar-refractivity contribution in [1.82, 2.24) is 5.32 Å². The lowest BCUT2D eigenvalue weighted by Crippen LogP contribution is -2.28. The van der Waals surface area contributed by atoms with Crippen molar-refractivity contribution in [3.8, 4) is 11.5 Å². The van der Waals surface area contributed by atoms with Crippen molar-refractivity contribution in [3.63, 3.8) is 0 Å². The summed E-state index contributed by atoms with van der Waals surface area (Å²) in [5.74, 6) is 0.0464. The van der Waals surface area contributed by atoms with E-state index in [-0.39, 0.29) is 24.5 Å². The summed E-state index contributed by atoms with van der Waals surface area (Å²) in [7, 11) is 0. The van der Waals surface area contributed by atoms with E-state index in [1.807, 2.05) is 18.2 Å². The fraction of sp³-hybridized carbons (Fsp3) is 0.188. The number of carbonyl (C=O) groups excluding carboxylic acids is 1. The largest absolute Gasteiger partial charge is 0.492 e. The normalized spacial score (nSPS) is 10.3. The van der Waals surface area contributed by atoms with E-state index in [2.05, 4.69) is 10.1 Å². The minimum Gasteiger partial charge on any atom is -0.492 e. The van der Waals surface area contributed by atoms with Crippen LogP contribution in [0.5, 0.6) is 11.5 Å². The highest BCUT2D eigenvalue weighted by Crippen LogP contribution is 2.19. The number of alkyl halides is 2. The quantitative estimate of drug-likeness (QED) is 0.800. The van der Waals surface area contributed by atoms with Crippen LogP contribution < -0.4 is 14.8 Å². The predicted molar refractivity (Wildman–Crippen MR) is 77.3 cm³/mol. The number of nitrogens with one attached hydrogen (secondary N) is 1. The van der Waals surface area contributed by atoms with Crippen LogP contribution in [0.15, 0.2) is 54.6 Å². The van der Waals surface area contributed by atoms with Gasteiger partial charge >= 0.3 is 6.61 Å². The number of carbonyl (C=O) groups is 1. The summed E-state index contributed by atoms with van der Waals surface area (Å²) in [6, 6.07) is 15.0. The molecular formula is C16H15F2NO3. The molecule has 2 aromatic carbocycles. The first-order valence-electron chi connectivity index (χ1n) is 6.66. The van der Waals surface area contributed by atoms with Crippen LogP contribution in [0.2, 0.25) is 0 Å². The van der Waals surface area contributed by atoms with Gasteiger partial charge in [0.1, 0.15) is 18.1 Å². The summed E-state index contributed by atoms with van der Waals surface area (Å²) in [5.41, 5.74) is 0.0579. The van der Waals surface area contributed by atoms with E-state index in [1.54, 1.807) is 18.2 Å². The molecule has 0 atom stereocenters. The standard InChI is InChI=1S/C16H15F2NO3/c17-16(18)22-14-9-5-4-8-13(14)15(20)19-10-11-21-12-6-2-1-3-7-12/h1-9,16H,10-11H2,(H,19,20). The molecule has 2 aromatic rings. The maximum absolute atomic E-state index is 12.3. The summed E-state index contributed by atoms with van der Waals surface area (Å²) in [6.07, 6.45) is 0. The number of halogens is 2. The molecule has 4 nitrogen and oxygen atoms in total. The average molecular weight is 307 g/mol. The van der Waals surface area contributed by atoms with E-state index in [0.717, 1.165) is 0 Å². The number of ether oxygens (including phenoxy) is 2. The Morgan fingerprint density at radius 3 is 2.45 bits per heavy atom. The van der Waals surface area contributed by atoms with Gasteiger partial charge in [-0.2, -0.15) is 8.78 Å². The third-order valence-corrected chi connectivity index (χ3v) is 2.75. The molecule has 0 fully saturated rings. The second-order valence-electron chi connectivity index (χ2n) is 4.29. The Morgan fingerprint density at radius 2 is 1.73 bits per heavy atom. The third-order valence-electron chi connectivity index (χ3n) is 2.75. The molecule has 0 radical (unpaired) electrons. The first-order chi connectivity index (χ1) is 10.7. The van der Waals surface area contributed by atoms with Crippen molar-refractivity contribution >= 4 is 5.91 Å². The molecular weight excluding hydrogens is 292 g/mol. The van der Waals surface area contributed by atoms with E-state index in [1.165, 1.54) is 18.2 Å². The molecule has 0 aliphatic rings. The van der Waals surface area contributed by atoms with Crippen LogP contribution in [0, 0.1) is 0 Å². The van der Waals surface area contributed by atoms with Gasteiger partial charge in [-0.1, -0.05) is 30.3 Å². The highest BCUT2D eigenvalue weighted by molar-refractivity contribution is 5.96. The molecule has 116 valence electrons. The van der Waals surface area contributed by atoms with Crippen LogP contribution in [0.3, 0.4) is 0 Å². The van der Waals surface area contributed by atoms with Crippen LogP contribution >= 0.6 is 0 Å². The fourth-order valence-corrected chi connectivity index (χ4v) is 1.80. The number of hydrogen-bond donors (Lipinski definition) is 1. The molecule has 22 heavy (non-hydrogen) atoms. The highest BCUT2D eigenvalue weighted by atomic mass is 19.3. The molecule has 1 amide bonds. The van der Waals surface area contributed by atoms with Crippen molar-refractivity contribution in [3.05, 3.63) is 60.2 Å². The molecule has 0 bridgehead atoms. The number of benzene rings is 2. The SMILES string of the molecule is O=C(NCCOc1ccccc1)c1ccccc1OC(F)F. The first kappa shape index (κ1) is 15.8. The minimum atomic E-state index is -2.98. The fourth-order valence-electron chi connectivity index (χ4n) is 1.80. The van der Waals surface area contributed by atoms with Crippen LogP contribution in [0.1, 0.15) is 10.4 Å². The van der Waals surface area contributed by atoms with Crippen LogP contribution in [0.4, 0.5) is 8.78 Å². The van der Waals surface area contributed by atoms with Crippen molar-refractivity contribution in [1.29, 1.82) is 0 Å². The first-order valence-corrected chi connectivity index (χ1v) is 6.66. The van der Waals surface area contributed by atoms with E-state index in [4.69, 9.17) is 4.74 Å². The van der Waals surface area contributed by atoms with Crippen molar-refractivity contribution < 1.29 is 23.0 Å². The maximum Gasteiger partial charge on any atom is 0.387 e. The molecule has 0 aliphatic heterocycles. The van der Waals surface area contributed by atoms with Gasteiger partial charge in [-0.05, 0) is 24.3 Å². The van der Waals surface area contributed by atoms with Crippen molar-refractivity contribution in [2.45, 2.75) is 6.61 Å². The zero-order valence-electron chi connectivity index (χ0n) is 11.7. The van der Waals surface area contributed by atoms with Crippen LogP contribution in [0.25, 0.3) is 0 Å². The topological polar surface area (TPSA) is 47.6 Å². The lowest BCUT2D eigenvalue weighted by Gasteiger charge is -2.11. The third kappa shape index (κ3) is 4.73. The number of amides is 1. The van der Waals surface area contributed by atoms with Gasteiger partial charge in [0.2, 0.25) is 0 Å². The molecule has 0 unspecified atom stereocenters. The van der Waals surface area contributed by atoms with Crippen molar-refractivity contribution in [2.24, 2.45) is 0 Å². The van der Waals surface area contributed by atoms with Crippen LogP contribution in [-0.4, -0.2) is 25.7 Å². The number of hydrogen-bond acceptors (Lipinski definition) is 3. The van der Waals surface area contributed by atoms with E-state index < -0.39 is 12.5 Å². The Balaban J connectivity index is 1.85. The number of para-hydroxylation sites is 2. The van der Waals surface area contributed by atoms with E-state index in [0.29, 0.717) is 5.75 Å². The maximum atomic E-state index is 12.3. The van der Waals surface area contributed by atoms with E-state index >= 15 is 0 Å². The summed E-state index contributed by atoms with van der Waals surface area (Å²) in [4.78, 5) is 12.0. The average Bonchev–Trinajstić information content (AvgIpc) is 2.52. The monoisotopic (exact) mass is 307 g/mol. The lowest BCUT2D eigenvalue weighted by atomic mass is 10.2. The molecule has 0 saturated carbocycles. The Labute approximate surface area is 126 Å². The molecule has 0 heterocycles. The minimum absolute atomic E-state index is 0.0579. The molecule has 0 spiro atoms. The molecule has 6 heteroatoms. The Bertz CT molecular complexity index is 605. The smallest absolute Gasteiger partial charge is 0.387 e. The summed E-state index contributed by atoms with van der Waals surface area (Å²) < 4.78 is 34.3. The van der Waals surface area contributed by atoms with Gasteiger partial charge < -0.3 is 14.8 Å². The van der Waals surface area contributed by atoms with Gasteiger partial charge in [0.05, 0.1) is 12.1 Å². The predicted octanol–water partition coefficient (Wildman–Crippen LogP) is 3.10. The second-order valence-corrected chi connectivity index (χ2v) is 4.29. The zero-order valence-corrected chi connectivity index (χ0v) is 11.7. The second kappa shape index (κ2) is 7.97. The van der Waals surface area contributed by atoms with Crippen molar-refractivity contribution in [2.75, 3.05) is 13.2 Å². The Hall–Kier alpha value is -2.63. The number of rotatable bonds is 7. The molecule has 0 saturated heterocycles. The summed E-state index contributed by atoms with van der Waals surface area (Å²) >= 11 is 0. The molecule has 2 rings (SSSR count). The molecule has 1 N–H and O–H groups in total. The van der Waals surface area contributed by atoms with Gasteiger partial charge in [0.15, 0.2) is 0 Å².